The molecule has 0 radical (unpaired) electrons. The molecular formula is C25H30F3N3O2. The molecule has 4 rings (SSSR count). The molecule has 0 bridgehead atoms. The third kappa shape index (κ3) is 5.68. The third-order valence-corrected chi connectivity index (χ3v) is 6.32. The van der Waals surface area contributed by atoms with E-state index in [2.05, 4.69) is 27.8 Å². The van der Waals surface area contributed by atoms with Crippen LogP contribution in [0, 0.1) is 6.92 Å². The van der Waals surface area contributed by atoms with Crippen molar-refractivity contribution in [3.05, 3.63) is 70.8 Å². The van der Waals surface area contributed by atoms with Crippen molar-refractivity contribution in [1.82, 2.24) is 10.6 Å². The Labute approximate surface area is 192 Å². The summed E-state index contributed by atoms with van der Waals surface area (Å²) >= 11 is 0. The number of ether oxygens (including phenoxy) is 2. The predicted molar refractivity (Wildman–Crippen MR) is 121 cm³/mol. The number of amidine groups is 1. The average molecular weight is 462 g/mol. The van der Waals surface area contributed by atoms with Crippen molar-refractivity contribution in [3.63, 3.8) is 0 Å². The summed E-state index contributed by atoms with van der Waals surface area (Å²) in [6.45, 7) is 5.80. The first-order valence-electron chi connectivity index (χ1n) is 11.3. The van der Waals surface area contributed by atoms with Gasteiger partial charge in [-0.2, -0.15) is 13.2 Å². The summed E-state index contributed by atoms with van der Waals surface area (Å²) in [7, 11) is 0. The zero-order valence-electron chi connectivity index (χ0n) is 18.9. The Kier molecular flexibility index (Phi) is 6.95. The second-order valence-electron chi connectivity index (χ2n) is 8.83. The van der Waals surface area contributed by atoms with Gasteiger partial charge in [-0.1, -0.05) is 42.0 Å². The predicted octanol–water partition coefficient (Wildman–Crippen LogP) is 4.71. The SMILES string of the molecule is Cc1cc([C@@H](C)OC[C@@]2(c3ccccc3)CC[C@H](NC3=NCCO3)CN2)cc(C(F)(F)F)c1. The van der Waals surface area contributed by atoms with E-state index in [4.69, 9.17) is 9.47 Å². The molecule has 33 heavy (non-hydrogen) atoms. The van der Waals surface area contributed by atoms with Gasteiger partial charge >= 0.3 is 6.18 Å². The van der Waals surface area contributed by atoms with Gasteiger partial charge in [-0.25, -0.2) is 4.99 Å². The zero-order valence-corrected chi connectivity index (χ0v) is 18.9. The molecule has 0 unspecified atom stereocenters. The number of aryl methyl sites for hydroxylation is 1. The van der Waals surface area contributed by atoms with Crippen molar-refractivity contribution < 1.29 is 22.6 Å². The van der Waals surface area contributed by atoms with E-state index in [0.717, 1.165) is 24.5 Å². The van der Waals surface area contributed by atoms with Gasteiger partial charge in [-0.3, -0.25) is 0 Å². The van der Waals surface area contributed by atoms with E-state index in [-0.39, 0.29) is 6.04 Å². The van der Waals surface area contributed by atoms with Gasteiger partial charge in [0.15, 0.2) is 0 Å². The summed E-state index contributed by atoms with van der Waals surface area (Å²) in [6.07, 6.45) is -3.18. The average Bonchev–Trinajstić information content (AvgIpc) is 3.31. The van der Waals surface area contributed by atoms with Gasteiger partial charge in [-0.15, -0.1) is 0 Å². The molecule has 0 saturated carbocycles. The van der Waals surface area contributed by atoms with E-state index in [1.54, 1.807) is 19.9 Å². The quantitative estimate of drug-likeness (QED) is 0.654. The van der Waals surface area contributed by atoms with Crippen LogP contribution in [0.3, 0.4) is 0 Å². The fourth-order valence-corrected chi connectivity index (χ4v) is 4.43. The Balaban J connectivity index is 1.47. The van der Waals surface area contributed by atoms with Gasteiger partial charge in [0.2, 0.25) is 0 Å². The van der Waals surface area contributed by atoms with Crippen LogP contribution >= 0.6 is 0 Å². The summed E-state index contributed by atoms with van der Waals surface area (Å²) in [6, 6.07) is 15.0. The number of halogens is 3. The van der Waals surface area contributed by atoms with Crippen LogP contribution in [0.5, 0.6) is 0 Å². The smallest absolute Gasteiger partial charge is 0.416 e. The van der Waals surface area contributed by atoms with Crippen LogP contribution in [0.4, 0.5) is 13.2 Å². The lowest BCUT2D eigenvalue weighted by atomic mass is 9.81. The standard InChI is InChI=1S/C25H30F3N3O2/c1-17-12-19(14-21(13-17)25(26,27)28)18(2)33-16-24(20-6-4-3-5-7-20)9-8-22(15-30-24)31-23-29-10-11-32-23/h3-7,12-14,18,22,30H,8-11,15-16H2,1-2H3,(H,29,31)/t18-,22+,24-/m1/s1. The molecule has 2 N–H and O–H groups in total. The number of rotatable bonds is 6. The highest BCUT2D eigenvalue weighted by molar-refractivity contribution is 5.75. The number of nitrogens with zero attached hydrogens (tertiary/aromatic N) is 1. The lowest BCUT2D eigenvalue weighted by Gasteiger charge is -2.42. The lowest BCUT2D eigenvalue weighted by molar-refractivity contribution is -0.137. The van der Waals surface area contributed by atoms with Gasteiger partial charge in [0, 0.05) is 12.6 Å². The number of alkyl halides is 3. The minimum absolute atomic E-state index is 0.183. The molecule has 2 aliphatic heterocycles. The Hall–Kier alpha value is -2.58. The van der Waals surface area contributed by atoms with Crippen LogP contribution < -0.4 is 10.6 Å². The van der Waals surface area contributed by atoms with Crippen molar-refractivity contribution in [1.29, 1.82) is 0 Å². The molecular weight excluding hydrogens is 431 g/mol. The monoisotopic (exact) mass is 461 g/mol. The molecule has 0 aromatic heterocycles. The summed E-state index contributed by atoms with van der Waals surface area (Å²) in [5.74, 6) is 0. The van der Waals surface area contributed by atoms with Crippen molar-refractivity contribution in [3.8, 4) is 0 Å². The largest absolute Gasteiger partial charge is 0.463 e. The lowest BCUT2D eigenvalue weighted by Crippen LogP contribution is -2.57. The normalized spacial score (nSPS) is 24.2. The highest BCUT2D eigenvalue weighted by Crippen LogP contribution is 2.35. The molecule has 1 fully saturated rings. The van der Waals surface area contributed by atoms with E-state index < -0.39 is 23.4 Å². The van der Waals surface area contributed by atoms with E-state index >= 15 is 0 Å². The Morgan fingerprint density at radius 1 is 1.24 bits per heavy atom. The van der Waals surface area contributed by atoms with Gasteiger partial charge in [0.25, 0.3) is 6.02 Å². The first kappa shape index (κ1) is 23.6. The number of aliphatic imine (C=N–C) groups is 1. The molecule has 3 atom stereocenters. The van der Waals surface area contributed by atoms with Crippen LogP contribution in [0.25, 0.3) is 0 Å². The van der Waals surface area contributed by atoms with Gasteiger partial charge in [0.05, 0.1) is 30.4 Å². The van der Waals surface area contributed by atoms with Gasteiger partial charge in [0.1, 0.15) is 6.61 Å². The molecule has 8 heteroatoms. The molecule has 0 amide bonds. The fraction of sp³-hybridized carbons (Fsp3) is 0.480. The minimum Gasteiger partial charge on any atom is -0.463 e. The number of nitrogens with one attached hydrogen (secondary N) is 2. The maximum Gasteiger partial charge on any atom is 0.416 e. The number of piperidine rings is 1. The van der Waals surface area contributed by atoms with E-state index in [9.17, 15) is 13.2 Å². The topological polar surface area (TPSA) is 54.9 Å². The van der Waals surface area contributed by atoms with Crippen molar-refractivity contribution in [2.75, 3.05) is 26.3 Å². The molecule has 2 aromatic carbocycles. The van der Waals surface area contributed by atoms with Crippen LogP contribution in [0.15, 0.2) is 53.5 Å². The van der Waals surface area contributed by atoms with Gasteiger partial charge in [-0.05, 0) is 49.9 Å². The molecule has 1 saturated heterocycles. The Morgan fingerprint density at radius 3 is 2.67 bits per heavy atom. The fourth-order valence-electron chi connectivity index (χ4n) is 4.43. The Morgan fingerprint density at radius 2 is 2.03 bits per heavy atom. The molecule has 2 aromatic rings. The number of benzene rings is 2. The molecule has 178 valence electrons. The number of hydrogen-bond donors (Lipinski definition) is 2. The van der Waals surface area contributed by atoms with E-state index in [0.29, 0.717) is 43.5 Å². The second kappa shape index (κ2) is 9.73. The molecule has 0 aliphatic carbocycles. The maximum absolute atomic E-state index is 13.3. The first-order valence-corrected chi connectivity index (χ1v) is 11.3. The van der Waals surface area contributed by atoms with Crippen molar-refractivity contribution in [2.45, 2.75) is 50.6 Å². The van der Waals surface area contributed by atoms with Crippen LogP contribution in [0.1, 0.15) is 48.1 Å². The molecule has 2 heterocycles. The van der Waals surface area contributed by atoms with E-state index in [1.165, 1.54) is 6.07 Å². The highest BCUT2D eigenvalue weighted by Gasteiger charge is 2.38. The second-order valence-corrected chi connectivity index (χ2v) is 8.83. The Bertz CT molecular complexity index is 971. The maximum atomic E-state index is 13.3. The summed E-state index contributed by atoms with van der Waals surface area (Å²) < 4.78 is 51.5. The molecule has 2 aliphatic rings. The van der Waals surface area contributed by atoms with E-state index in [1.807, 2.05) is 18.2 Å². The zero-order chi connectivity index (χ0) is 23.5. The molecule has 5 nitrogen and oxygen atoms in total. The number of hydrogen-bond acceptors (Lipinski definition) is 5. The summed E-state index contributed by atoms with van der Waals surface area (Å²) in [5, 5.41) is 6.99. The summed E-state index contributed by atoms with van der Waals surface area (Å²) in [4.78, 5) is 4.30. The van der Waals surface area contributed by atoms with Crippen LogP contribution in [0.2, 0.25) is 0 Å². The first-order chi connectivity index (χ1) is 15.7. The third-order valence-electron chi connectivity index (χ3n) is 6.32. The highest BCUT2D eigenvalue weighted by atomic mass is 19.4. The van der Waals surface area contributed by atoms with Crippen LogP contribution in [-0.2, 0) is 21.2 Å². The van der Waals surface area contributed by atoms with Gasteiger partial charge < -0.3 is 20.1 Å². The molecule has 0 spiro atoms. The van der Waals surface area contributed by atoms with Crippen molar-refractivity contribution in [2.24, 2.45) is 4.99 Å². The van der Waals surface area contributed by atoms with Crippen molar-refractivity contribution >= 4 is 6.02 Å². The summed E-state index contributed by atoms with van der Waals surface area (Å²) in [5.41, 5.74) is 1.12. The minimum atomic E-state index is -4.38. The van der Waals surface area contributed by atoms with Crippen LogP contribution in [-0.4, -0.2) is 38.4 Å².